The lowest BCUT2D eigenvalue weighted by Gasteiger charge is -2.32. The fourth-order valence-electron chi connectivity index (χ4n) is 2.86. The molecule has 1 fully saturated rings. The number of benzene rings is 1. The van der Waals surface area contributed by atoms with E-state index in [0.717, 1.165) is 12.6 Å². The third kappa shape index (κ3) is 4.32. The molecule has 1 aromatic carbocycles. The Balaban J connectivity index is 1.83. The first-order chi connectivity index (χ1) is 9.19. The van der Waals surface area contributed by atoms with Crippen molar-refractivity contribution in [3.63, 3.8) is 0 Å². The standard InChI is InChI=1S/C17H28N2/c1-4-9-18-17-7-10-19(11-8-17)13-16-12-14(2)5-6-15(16)3/h5-6,12,17-18H,4,7-11,13H2,1-3H3. The van der Waals surface area contributed by atoms with Crippen molar-refractivity contribution in [2.75, 3.05) is 19.6 Å². The first kappa shape index (κ1) is 14.5. The van der Waals surface area contributed by atoms with Crippen molar-refractivity contribution in [2.24, 2.45) is 0 Å². The summed E-state index contributed by atoms with van der Waals surface area (Å²) in [6.45, 7) is 11.4. The van der Waals surface area contributed by atoms with Crippen LogP contribution in [0.2, 0.25) is 0 Å². The van der Waals surface area contributed by atoms with Gasteiger partial charge < -0.3 is 5.32 Å². The Bertz CT molecular complexity index is 392. The Morgan fingerprint density at radius 2 is 1.95 bits per heavy atom. The largest absolute Gasteiger partial charge is 0.314 e. The number of piperidine rings is 1. The minimum Gasteiger partial charge on any atom is -0.314 e. The average molecular weight is 260 g/mol. The van der Waals surface area contributed by atoms with E-state index in [9.17, 15) is 0 Å². The van der Waals surface area contributed by atoms with Gasteiger partial charge in [0.2, 0.25) is 0 Å². The van der Waals surface area contributed by atoms with Gasteiger partial charge in [-0.05, 0) is 63.9 Å². The zero-order valence-corrected chi connectivity index (χ0v) is 12.7. The summed E-state index contributed by atoms with van der Waals surface area (Å²) in [4.78, 5) is 2.60. The Morgan fingerprint density at radius 1 is 1.21 bits per heavy atom. The summed E-state index contributed by atoms with van der Waals surface area (Å²) < 4.78 is 0. The zero-order chi connectivity index (χ0) is 13.7. The molecule has 0 aliphatic carbocycles. The second kappa shape index (κ2) is 7.06. The fraction of sp³-hybridized carbons (Fsp3) is 0.647. The molecule has 1 aliphatic heterocycles. The van der Waals surface area contributed by atoms with Gasteiger partial charge in [0.05, 0.1) is 0 Å². The van der Waals surface area contributed by atoms with Crippen LogP contribution >= 0.6 is 0 Å². The third-order valence-electron chi connectivity index (χ3n) is 4.17. The van der Waals surface area contributed by atoms with Crippen LogP contribution in [0.4, 0.5) is 0 Å². The summed E-state index contributed by atoms with van der Waals surface area (Å²) in [6.07, 6.45) is 3.83. The molecule has 2 rings (SSSR count). The molecule has 1 saturated heterocycles. The zero-order valence-electron chi connectivity index (χ0n) is 12.7. The average Bonchev–Trinajstić information content (AvgIpc) is 2.42. The van der Waals surface area contributed by atoms with Crippen LogP contribution < -0.4 is 5.32 Å². The van der Waals surface area contributed by atoms with Gasteiger partial charge in [0.25, 0.3) is 0 Å². The van der Waals surface area contributed by atoms with E-state index in [-0.39, 0.29) is 0 Å². The van der Waals surface area contributed by atoms with E-state index in [2.05, 4.69) is 49.2 Å². The van der Waals surface area contributed by atoms with Crippen molar-refractivity contribution in [3.8, 4) is 0 Å². The molecular formula is C17H28N2. The van der Waals surface area contributed by atoms with Gasteiger partial charge in [0, 0.05) is 12.6 Å². The fourth-order valence-corrected chi connectivity index (χ4v) is 2.86. The molecular weight excluding hydrogens is 232 g/mol. The minimum atomic E-state index is 0.745. The van der Waals surface area contributed by atoms with Crippen LogP contribution in [0.25, 0.3) is 0 Å². The molecule has 0 saturated carbocycles. The highest BCUT2D eigenvalue weighted by atomic mass is 15.1. The number of nitrogens with zero attached hydrogens (tertiary/aromatic N) is 1. The van der Waals surface area contributed by atoms with Gasteiger partial charge in [0.15, 0.2) is 0 Å². The van der Waals surface area contributed by atoms with Gasteiger partial charge in [-0.2, -0.15) is 0 Å². The van der Waals surface area contributed by atoms with Gasteiger partial charge in [-0.1, -0.05) is 30.7 Å². The molecule has 19 heavy (non-hydrogen) atoms. The quantitative estimate of drug-likeness (QED) is 0.874. The molecule has 1 heterocycles. The van der Waals surface area contributed by atoms with Crippen LogP contribution in [-0.2, 0) is 6.54 Å². The first-order valence-electron chi connectivity index (χ1n) is 7.71. The van der Waals surface area contributed by atoms with Crippen molar-refractivity contribution in [2.45, 2.75) is 52.6 Å². The minimum absolute atomic E-state index is 0.745. The first-order valence-corrected chi connectivity index (χ1v) is 7.71. The molecule has 0 aromatic heterocycles. The van der Waals surface area contributed by atoms with Gasteiger partial charge in [-0.15, -0.1) is 0 Å². The van der Waals surface area contributed by atoms with E-state index in [1.807, 2.05) is 0 Å². The predicted octanol–water partition coefficient (Wildman–Crippen LogP) is 3.27. The maximum Gasteiger partial charge on any atom is 0.0236 e. The van der Waals surface area contributed by atoms with E-state index in [4.69, 9.17) is 0 Å². The van der Waals surface area contributed by atoms with E-state index in [1.54, 1.807) is 0 Å². The number of aryl methyl sites for hydroxylation is 2. The summed E-state index contributed by atoms with van der Waals surface area (Å²) in [6, 6.07) is 7.55. The van der Waals surface area contributed by atoms with Crippen LogP contribution in [0.1, 0.15) is 42.9 Å². The number of likely N-dealkylation sites (tertiary alicyclic amines) is 1. The van der Waals surface area contributed by atoms with Gasteiger partial charge >= 0.3 is 0 Å². The number of hydrogen-bond acceptors (Lipinski definition) is 2. The molecule has 0 atom stereocenters. The van der Waals surface area contributed by atoms with Crippen LogP contribution in [-0.4, -0.2) is 30.6 Å². The molecule has 0 unspecified atom stereocenters. The lowest BCUT2D eigenvalue weighted by Crippen LogP contribution is -2.42. The second-order valence-corrected chi connectivity index (χ2v) is 5.93. The van der Waals surface area contributed by atoms with Gasteiger partial charge in [-0.25, -0.2) is 0 Å². The van der Waals surface area contributed by atoms with E-state index < -0.39 is 0 Å². The molecule has 2 nitrogen and oxygen atoms in total. The maximum absolute atomic E-state index is 3.65. The highest BCUT2D eigenvalue weighted by Gasteiger charge is 2.18. The Hall–Kier alpha value is -0.860. The van der Waals surface area contributed by atoms with E-state index in [0.29, 0.717) is 0 Å². The normalized spacial score (nSPS) is 17.8. The lowest BCUT2D eigenvalue weighted by molar-refractivity contribution is 0.190. The summed E-state index contributed by atoms with van der Waals surface area (Å²) in [7, 11) is 0. The summed E-state index contributed by atoms with van der Waals surface area (Å²) >= 11 is 0. The van der Waals surface area contributed by atoms with E-state index >= 15 is 0 Å². The number of nitrogens with one attached hydrogen (secondary N) is 1. The van der Waals surface area contributed by atoms with Crippen molar-refractivity contribution < 1.29 is 0 Å². The van der Waals surface area contributed by atoms with Gasteiger partial charge in [0.1, 0.15) is 0 Å². The van der Waals surface area contributed by atoms with Gasteiger partial charge in [-0.3, -0.25) is 4.90 Å². The summed E-state index contributed by atoms with van der Waals surface area (Å²) in [5.74, 6) is 0. The molecule has 0 bridgehead atoms. The Labute approximate surface area is 118 Å². The number of hydrogen-bond donors (Lipinski definition) is 1. The monoisotopic (exact) mass is 260 g/mol. The lowest BCUT2D eigenvalue weighted by atomic mass is 10.0. The highest BCUT2D eigenvalue weighted by molar-refractivity contribution is 5.30. The molecule has 1 aliphatic rings. The second-order valence-electron chi connectivity index (χ2n) is 5.93. The van der Waals surface area contributed by atoms with Crippen LogP contribution in [0.3, 0.4) is 0 Å². The van der Waals surface area contributed by atoms with Crippen LogP contribution in [0, 0.1) is 13.8 Å². The third-order valence-corrected chi connectivity index (χ3v) is 4.17. The molecule has 0 spiro atoms. The molecule has 2 heteroatoms. The number of rotatable bonds is 5. The van der Waals surface area contributed by atoms with Crippen LogP contribution in [0.5, 0.6) is 0 Å². The van der Waals surface area contributed by atoms with E-state index in [1.165, 1.54) is 55.6 Å². The molecule has 0 radical (unpaired) electrons. The van der Waals surface area contributed by atoms with Crippen molar-refractivity contribution >= 4 is 0 Å². The van der Waals surface area contributed by atoms with Crippen molar-refractivity contribution in [1.82, 2.24) is 10.2 Å². The predicted molar refractivity (Wildman–Crippen MR) is 82.5 cm³/mol. The smallest absolute Gasteiger partial charge is 0.0236 e. The highest BCUT2D eigenvalue weighted by Crippen LogP contribution is 2.17. The summed E-state index contributed by atoms with van der Waals surface area (Å²) in [5.41, 5.74) is 4.30. The Morgan fingerprint density at radius 3 is 2.63 bits per heavy atom. The molecule has 106 valence electrons. The molecule has 1 N–H and O–H groups in total. The van der Waals surface area contributed by atoms with Crippen molar-refractivity contribution in [1.29, 1.82) is 0 Å². The van der Waals surface area contributed by atoms with Crippen molar-refractivity contribution in [3.05, 3.63) is 34.9 Å². The summed E-state index contributed by atoms with van der Waals surface area (Å²) in [5, 5.41) is 3.65. The SMILES string of the molecule is CCCNC1CCN(Cc2cc(C)ccc2C)CC1. The molecule has 0 amide bonds. The topological polar surface area (TPSA) is 15.3 Å². The Kier molecular flexibility index (Phi) is 5.41. The maximum atomic E-state index is 3.65. The molecule has 1 aromatic rings. The van der Waals surface area contributed by atoms with Crippen LogP contribution in [0.15, 0.2) is 18.2 Å².